The topological polar surface area (TPSA) is 144 Å². The van der Waals surface area contributed by atoms with Crippen LogP contribution in [0.15, 0.2) is 24.3 Å². The van der Waals surface area contributed by atoms with Gasteiger partial charge in [0.05, 0.1) is 16.7 Å². The molecule has 8 nitrogen and oxygen atoms in total. The van der Waals surface area contributed by atoms with Gasteiger partial charge >= 0.3 is 0 Å². The van der Waals surface area contributed by atoms with Crippen molar-refractivity contribution in [1.82, 2.24) is 0 Å². The van der Waals surface area contributed by atoms with Gasteiger partial charge in [-0.3, -0.25) is 9.59 Å². The number of hydrogen-bond donors (Lipinski definition) is 3. The first-order chi connectivity index (χ1) is 10.8. The first-order valence-electron chi connectivity index (χ1n) is 6.10. The van der Waals surface area contributed by atoms with E-state index in [9.17, 15) is 33.7 Å². The first kappa shape index (κ1) is 15.0. The Morgan fingerprint density at radius 2 is 1.35 bits per heavy atom. The molecular formula is C14H7O8S-. The summed E-state index contributed by atoms with van der Waals surface area (Å²) in [4.78, 5) is 25.0. The van der Waals surface area contributed by atoms with E-state index < -0.39 is 62.6 Å². The minimum Gasteiger partial charge on any atom is -0.740 e. The van der Waals surface area contributed by atoms with Gasteiger partial charge in [0.15, 0.2) is 17.3 Å². The number of phenolic OH excluding ortho intramolecular Hbond substituents is 3. The molecule has 23 heavy (non-hydrogen) atoms. The lowest BCUT2D eigenvalue weighted by Crippen LogP contribution is -2.22. The summed E-state index contributed by atoms with van der Waals surface area (Å²) < 4.78 is 25.9. The summed E-state index contributed by atoms with van der Waals surface area (Å²) in [6, 6.07) is 4.14. The molecule has 2 aromatic rings. The number of fused-ring (bicyclic) bond motifs is 2. The van der Waals surface area contributed by atoms with Crippen LogP contribution >= 0.6 is 0 Å². The van der Waals surface area contributed by atoms with Crippen LogP contribution in [-0.2, 0) is 11.4 Å². The average molecular weight is 335 g/mol. The maximum absolute atomic E-state index is 12.6. The lowest BCUT2D eigenvalue weighted by atomic mass is 9.82. The Labute approximate surface area is 131 Å². The number of carbonyl (C=O) groups excluding carboxylic acids is 2. The van der Waals surface area contributed by atoms with Gasteiger partial charge in [-0.25, -0.2) is 4.21 Å². The van der Waals surface area contributed by atoms with Crippen LogP contribution in [0.3, 0.4) is 0 Å². The Morgan fingerprint density at radius 1 is 0.826 bits per heavy atom. The molecule has 2 aromatic carbocycles. The largest absolute Gasteiger partial charge is 0.740 e. The van der Waals surface area contributed by atoms with E-state index >= 15 is 0 Å². The highest BCUT2D eigenvalue weighted by atomic mass is 32.2. The zero-order valence-electron chi connectivity index (χ0n) is 11.1. The standard InChI is InChI=1S/C14H8O8S/c15-6-3-4-7(16)11-10(6)12(18)5-1-2-8(17)14(22-23(20)21)9(5)13(11)19/h1-4,15-17H,(H,20,21)/p-1. The monoisotopic (exact) mass is 335 g/mol. The van der Waals surface area contributed by atoms with Crippen molar-refractivity contribution in [3.05, 3.63) is 46.5 Å². The van der Waals surface area contributed by atoms with Crippen LogP contribution in [0.1, 0.15) is 31.8 Å². The molecule has 1 aliphatic rings. The van der Waals surface area contributed by atoms with Crippen LogP contribution in [0.2, 0.25) is 0 Å². The van der Waals surface area contributed by atoms with Crippen LogP contribution in [0.5, 0.6) is 23.0 Å². The van der Waals surface area contributed by atoms with Crippen molar-refractivity contribution in [3.63, 3.8) is 0 Å². The van der Waals surface area contributed by atoms with Gasteiger partial charge in [-0.1, -0.05) is 0 Å². The molecule has 0 fully saturated rings. The molecule has 118 valence electrons. The van der Waals surface area contributed by atoms with E-state index in [0.717, 1.165) is 24.3 Å². The fourth-order valence-electron chi connectivity index (χ4n) is 2.44. The minimum absolute atomic E-state index is 0.262. The molecule has 1 unspecified atom stereocenters. The second-order valence-electron chi connectivity index (χ2n) is 4.64. The zero-order valence-corrected chi connectivity index (χ0v) is 11.9. The molecule has 0 spiro atoms. The molecule has 1 aliphatic carbocycles. The van der Waals surface area contributed by atoms with E-state index in [4.69, 9.17) is 0 Å². The van der Waals surface area contributed by atoms with Gasteiger partial charge in [0.25, 0.3) is 0 Å². The lowest BCUT2D eigenvalue weighted by molar-refractivity contribution is 0.0972. The summed E-state index contributed by atoms with van der Waals surface area (Å²) in [5.74, 6) is -4.24. The smallest absolute Gasteiger partial charge is 0.202 e. The Balaban J connectivity index is 2.36. The zero-order chi connectivity index (χ0) is 16.9. The van der Waals surface area contributed by atoms with Crippen molar-refractivity contribution in [2.24, 2.45) is 0 Å². The Morgan fingerprint density at radius 3 is 1.91 bits per heavy atom. The summed E-state index contributed by atoms with van der Waals surface area (Å²) in [6.07, 6.45) is 0. The van der Waals surface area contributed by atoms with Crippen LogP contribution < -0.4 is 4.18 Å². The number of ketones is 2. The van der Waals surface area contributed by atoms with Crippen LogP contribution in [0.25, 0.3) is 0 Å². The molecule has 0 amide bonds. The van der Waals surface area contributed by atoms with E-state index in [1.54, 1.807) is 0 Å². The van der Waals surface area contributed by atoms with Crippen molar-refractivity contribution in [3.8, 4) is 23.0 Å². The van der Waals surface area contributed by atoms with Crippen molar-refractivity contribution < 1.29 is 37.9 Å². The summed E-state index contributed by atoms with van der Waals surface area (Å²) in [7, 11) is 0. The number of rotatable bonds is 2. The van der Waals surface area contributed by atoms with Crippen molar-refractivity contribution >= 4 is 22.9 Å². The summed E-state index contributed by atoms with van der Waals surface area (Å²) in [5.41, 5.74) is -1.66. The van der Waals surface area contributed by atoms with E-state index in [2.05, 4.69) is 4.18 Å². The van der Waals surface area contributed by atoms with E-state index in [1.165, 1.54) is 0 Å². The third-order valence-corrected chi connectivity index (χ3v) is 3.68. The molecule has 0 bridgehead atoms. The number of phenols is 3. The molecule has 0 aliphatic heterocycles. The van der Waals surface area contributed by atoms with E-state index in [1.807, 2.05) is 0 Å². The average Bonchev–Trinajstić information content (AvgIpc) is 2.48. The quantitative estimate of drug-likeness (QED) is 0.459. The Kier molecular flexibility index (Phi) is 3.31. The van der Waals surface area contributed by atoms with Gasteiger partial charge in [-0.15, -0.1) is 0 Å². The molecular weight excluding hydrogens is 328 g/mol. The van der Waals surface area contributed by atoms with Gasteiger partial charge < -0.3 is 24.1 Å². The van der Waals surface area contributed by atoms with Gasteiger partial charge in [0.2, 0.25) is 5.78 Å². The van der Waals surface area contributed by atoms with Crippen LogP contribution in [0.4, 0.5) is 0 Å². The molecule has 0 aromatic heterocycles. The molecule has 9 heteroatoms. The second kappa shape index (κ2) is 5.07. The fraction of sp³-hybridized carbons (Fsp3) is 0. The molecule has 3 rings (SSSR count). The first-order valence-corrected chi connectivity index (χ1v) is 7.10. The molecule has 1 atom stereocenters. The van der Waals surface area contributed by atoms with Gasteiger partial charge in [-0.05, 0) is 24.3 Å². The third kappa shape index (κ3) is 2.14. The predicted molar refractivity (Wildman–Crippen MR) is 74.3 cm³/mol. The van der Waals surface area contributed by atoms with Crippen molar-refractivity contribution in [2.45, 2.75) is 0 Å². The van der Waals surface area contributed by atoms with Crippen molar-refractivity contribution in [2.75, 3.05) is 0 Å². The normalized spacial score (nSPS) is 14.1. The third-order valence-electron chi connectivity index (χ3n) is 3.38. The summed E-state index contributed by atoms with van der Waals surface area (Å²) in [5, 5.41) is 29.3. The summed E-state index contributed by atoms with van der Waals surface area (Å²) >= 11 is -3.10. The van der Waals surface area contributed by atoms with Gasteiger partial charge in [-0.2, -0.15) is 0 Å². The molecule has 3 N–H and O–H groups in total. The SMILES string of the molecule is O=C1c2ccc(O)c(OS(=O)[O-])c2C(=O)c2c(O)ccc(O)c21. The molecule has 0 radical (unpaired) electrons. The van der Waals surface area contributed by atoms with Crippen LogP contribution in [-0.4, -0.2) is 35.6 Å². The predicted octanol–water partition coefficient (Wildman–Crippen LogP) is 0.752. The Bertz CT molecular complexity index is 902. The van der Waals surface area contributed by atoms with Gasteiger partial charge in [0, 0.05) is 5.56 Å². The highest BCUT2D eigenvalue weighted by Gasteiger charge is 2.37. The highest BCUT2D eigenvalue weighted by Crippen LogP contribution is 2.43. The van der Waals surface area contributed by atoms with Crippen LogP contribution in [0, 0.1) is 0 Å². The Hall–Kier alpha value is -2.91. The number of benzene rings is 2. The molecule has 0 heterocycles. The van der Waals surface area contributed by atoms with E-state index in [-0.39, 0.29) is 5.56 Å². The fourth-order valence-corrected chi connectivity index (χ4v) is 2.74. The maximum Gasteiger partial charge on any atom is 0.202 e. The second-order valence-corrected chi connectivity index (χ2v) is 5.21. The molecule has 0 saturated carbocycles. The molecule has 0 saturated heterocycles. The number of hydrogen-bond acceptors (Lipinski definition) is 8. The van der Waals surface area contributed by atoms with E-state index in [0.29, 0.717) is 0 Å². The highest BCUT2D eigenvalue weighted by molar-refractivity contribution is 7.74. The van der Waals surface area contributed by atoms with Gasteiger partial charge in [0.1, 0.15) is 22.9 Å². The van der Waals surface area contributed by atoms with Crippen molar-refractivity contribution in [1.29, 1.82) is 0 Å². The number of carbonyl (C=O) groups is 2. The summed E-state index contributed by atoms with van der Waals surface area (Å²) in [6.45, 7) is 0. The number of aromatic hydroxyl groups is 3. The minimum atomic E-state index is -3.10. The lowest BCUT2D eigenvalue weighted by Gasteiger charge is -2.22. The maximum atomic E-state index is 12.6.